The van der Waals surface area contributed by atoms with Crippen molar-refractivity contribution in [3.05, 3.63) is 193 Å². The fourth-order valence-electron chi connectivity index (χ4n) is 9.37. The van der Waals surface area contributed by atoms with Crippen LogP contribution in [0.15, 0.2) is 186 Å². The molecule has 1 aliphatic rings. The highest BCUT2D eigenvalue weighted by Crippen LogP contribution is 2.49. The second kappa shape index (κ2) is 12.7. The number of nitrogens with zero attached hydrogens (tertiary/aromatic N) is 4. The van der Waals surface area contributed by atoms with Crippen LogP contribution in [0, 0.1) is 0 Å². The summed E-state index contributed by atoms with van der Waals surface area (Å²) in [4.78, 5) is 15.7. The molecule has 59 heavy (non-hydrogen) atoms. The van der Waals surface area contributed by atoms with Gasteiger partial charge in [-0.15, -0.1) is 0 Å². The zero-order valence-corrected chi connectivity index (χ0v) is 32.5. The van der Waals surface area contributed by atoms with Crippen molar-refractivity contribution in [3.8, 4) is 62.1 Å². The molecule has 0 saturated carbocycles. The fourth-order valence-corrected chi connectivity index (χ4v) is 9.37. The highest BCUT2D eigenvalue weighted by Gasteiger charge is 2.35. The SMILES string of the molecule is CC1(C)c2ccccc2-c2ccc(-c3nc(-c4ccccc4)nc(-c4cccc5c6ccccc6n(-c6ccc7c(c6)oc6cc(-c8ccccc8)ccc67)c45)n3)cc21. The molecule has 0 N–H and O–H groups in total. The Bertz CT molecular complexity index is 3470. The van der Waals surface area contributed by atoms with E-state index in [-0.39, 0.29) is 5.41 Å². The summed E-state index contributed by atoms with van der Waals surface area (Å²) in [5, 5.41) is 4.45. The molecule has 0 unspecified atom stereocenters. The summed E-state index contributed by atoms with van der Waals surface area (Å²) in [6.07, 6.45) is 0. The Labute approximate surface area is 340 Å². The summed E-state index contributed by atoms with van der Waals surface area (Å²) in [7, 11) is 0. The highest BCUT2D eigenvalue weighted by atomic mass is 16.3. The van der Waals surface area contributed by atoms with Crippen LogP contribution in [-0.4, -0.2) is 19.5 Å². The second-order valence-corrected chi connectivity index (χ2v) is 16.0. The normalized spacial score (nSPS) is 13.1. The standard InChI is InChI=1S/C54H36N4O/c1-54(2)45-22-11-9-18-38(45)39-27-25-36(30-46(39)54)52-55-51(34-16-7-4-8-17-34)56-53(57-52)44-21-13-20-43-40-19-10-12-23-47(40)58(50(43)44)37-26-29-42-41-28-24-35(33-14-5-3-6-15-33)31-48(41)59-49(42)32-37/h3-32H,1-2H3. The Hall–Kier alpha value is -7.63. The van der Waals surface area contributed by atoms with Crippen LogP contribution in [0.3, 0.4) is 0 Å². The first-order chi connectivity index (χ1) is 29.0. The van der Waals surface area contributed by atoms with Crippen LogP contribution in [0.4, 0.5) is 0 Å². The molecular weight excluding hydrogens is 721 g/mol. The Morgan fingerprint density at radius 2 is 1.02 bits per heavy atom. The lowest BCUT2D eigenvalue weighted by molar-refractivity contribution is 0.660. The van der Waals surface area contributed by atoms with Gasteiger partial charge in [-0.25, -0.2) is 15.0 Å². The van der Waals surface area contributed by atoms with Crippen molar-refractivity contribution in [2.75, 3.05) is 0 Å². The summed E-state index contributed by atoms with van der Waals surface area (Å²) in [5.41, 5.74) is 14.9. The van der Waals surface area contributed by atoms with E-state index in [1.165, 1.54) is 22.3 Å². The molecule has 278 valence electrons. The first-order valence-corrected chi connectivity index (χ1v) is 20.1. The summed E-state index contributed by atoms with van der Waals surface area (Å²) in [5.74, 6) is 1.89. The third kappa shape index (κ3) is 5.14. The van der Waals surface area contributed by atoms with Gasteiger partial charge in [-0.1, -0.05) is 147 Å². The van der Waals surface area contributed by atoms with E-state index in [0.717, 1.165) is 77.2 Å². The largest absolute Gasteiger partial charge is 0.456 e. The molecule has 1 aliphatic carbocycles. The monoisotopic (exact) mass is 756 g/mol. The summed E-state index contributed by atoms with van der Waals surface area (Å²) >= 11 is 0. The van der Waals surface area contributed by atoms with Crippen molar-refractivity contribution in [1.82, 2.24) is 19.5 Å². The van der Waals surface area contributed by atoms with Crippen LogP contribution in [0.1, 0.15) is 25.0 Å². The van der Waals surface area contributed by atoms with Crippen molar-refractivity contribution in [2.45, 2.75) is 19.3 Å². The van der Waals surface area contributed by atoms with Crippen molar-refractivity contribution < 1.29 is 4.42 Å². The maximum atomic E-state index is 6.64. The molecule has 5 nitrogen and oxygen atoms in total. The molecule has 0 aliphatic heterocycles. The Morgan fingerprint density at radius 1 is 0.407 bits per heavy atom. The summed E-state index contributed by atoms with van der Waals surface area (Å²) in [6.45, 7) is 4.61. The van der Waals surface area contributed by atoms with Gasteiger partial charge in [0.1, 0.15) is 11.2 Å². The van der Waals surface area contributed by atoms with Gasteiger partial charge >= 0.3 is 0 Å². The lowest BCUT2D eigenvalue weighted by atomic mass is 9.82. The van der Waals surface area contributed by atoms with Crippen molar-refractivity contribution in [3.63, 3.8) is 0 Å². The number of hydrogen-bond acceptors (Lipinski definition) is 4. The van der Waals surface area contributed by atoms with Gasteiger partial charge < -0.3 is 8.98 Å². The van der Waals surface area contributed by atoms with Crippen LogP contribution >= 0.6 is 0 Å². The molecule has 3 heterocycles. The third-order valence-corrected chi connectivity index (χ3v) is 12.3. The van der Waals surface area contributed by atoms with Crippen LogP contribution < -0.4 is 0 Å². The molecule has 12 rings (SSSR count). The number of hydrogen-bond donors (Lipinski definition) is 0. The quantitative estimate of drug-likeness (QED) is 0.175. The van der Waals surface area contributed by atoms with Crippen LogP contribution in [-0.2, 0) is 5.41 Å². The van der Waals surface area contributed by atoms with Gasteiger partial charge in [0.25, 0.3) is 0 Å². The van der Waals surface area contributed by atoms with Gasteiger partial charge in [0, 0.05) is 55.4 Å². The van der Waals surface area contributed by atoms with E-state index in [9.17, 15) is 0 Å². The second-order valence-electron chi connectivity index (χ2n) is 16.0. The van der Waals surface area contributed by atoms with Crippen LogP contribution in [0.5, 0.6) is 0 Å². The Kier molecular flexibility index (Phi) is 7.20. The lowest BCUT2D eigenvalue weighted by Gasteiger charge is -2.21. The van der Waals surface area contributed by atoms with E-state index in [2.05, 4.69) is 176 Å². The minimum Gasteiger partial charge on any atom is -0.456 e. The van der Waals surface area contributed by atoms with E-state index < -0.39 is 0 Å². The predicted molar refractivity (Wildman–Crippen MR) is 241 cm³/mol. The van der Waals surface area contributed by atoms with E-state index in [1.807, 2.05) is 24.3 Å². The average Bonchev–Trinajstić information content (AvgIpc) is 3.91. The maximum absolute atomic E-state index is 6.64. The molecule has 0 amide bonds. The molecular formula is C54H36N4O. The average molecular weight is 757 g/mol. The maximum Gasteiger partial charge on any atom is 0.166 e. The molecule has 11 aromatic rings. The first-order valence-electron chi connectivity index (χ1n) is 20.1. The lowest BCUT2D eigenvalue weighted by Crippen LogP contribution is -2.15. The minimum atomic E-state index is -0.155. The van der Waals surface area contributed by atoms with Crippen molar-refractivity contribution in [2.24, 2.45) is 0 Å². The Morgan fingerprint density at radius 3 is 1.85 bits per heavy atom. The van der Waals surface area contributed by atoms with Gasteiger partial charge in [-0.3, -0.25) is 0 Å². The number of fused-ring (bicyclic) bond motifs is 9. The first kappa shape index (κ1) is 33.5. The zero-order chi connectivity index (χ0) is 39.2. The fraction of sp³-hybridized carbons (Fsp3) is 0.0556. The number of rotatable bonds is 5. The summed E-state index contributed by atoms with van der Waals surface area (Å²) < 4.78 is 8.98. The van der Waals surface area contributed by atoms with Crippen LogP contribution in [0.2, 0.25) is 0 Å². The molecule has 5 heteroatoms. The molecule has 8 aromatic carbocycles. The topological polar surface area (TPSA) is 56.7 Å². The highest BCUT2D eigenvalue weighted by molar-refractivity contribution is 6.14. The summed E-state index contributed by atoms with van der Waals surface area (Å²) in [6, 6.07) is 64.1. The molecule has 0 spiro atoms. The van der Waals surface area contributed by atoms with Crippen molar-refractivity contribution in [1.29, 1.82) is 0 Å². The van der Waals surface area contributed by atoms with Gasteiger partial charge in [0.05, 0.1) is 11.0 Å². The van der Waals surface area contributed by atoms with E-state index in [1.54, 1.807) is 0 Å². The molecule has 0 atom stereocenters. The van der Waals surface area contributed by atoms with Gasteiger partial charge in [0.2, 0.25) is 0 Å². The Balaban J connectivity index is 1.07. The number of aromatic nitrogens is 4. The van der Waals surface area contributed by atoms with Gasteiger partial charge in [-0.2, -0.15) is 0 Å². The molecule has 3 aromatic heterocycles. The predicted octanol–water partition coefficient (Wildman–Crippen LogP) is 13.8. The molecule has 0 bridgehead atoms. The van der Waals surface area contributed by atoms with E-state index >= 15 is 0 Å². The third-order valence-electron chi connectivity index (χ3n) is 12.3. The van der Waals surface area contributed by atoms with Crippen LogP contribution in [0.25, 0.3) is 106 Å². The molecule has 0 saturated heterocycles. The van der Waals surface area contributed by atoms with Gasteiger partial charge in [-0.05, 0) is 75.8 Å². The van der Waals surface area contributed by atoms with Gasteiger partial charge in [0.15, 0.2) is 17.5 Å². The number of furan rings is 1. The van der Waals surface area contributed by atoms with E-state index in [0.29, 0.717) is 17.5 Å². The minimum absolute atomic E-state index is 0.155. The van der Waals surface area contributed by atoms with Crippen molar-refractivity contribution >= 4 is 43.7 Å². The smallest absolute Gasteiger partial charge is 0.166 e. The zero-order valence-electron chi connectivity index (χ0n) is 32.5. The number of benzene rings is 8. The molecule has 0 radical (unpaired) electrons. The number of para-hydroxylation sites is 2. The molecule has 0 fully saturated rings. The van der Waals surface area contributed by atoms with E-state index in [4.69, 9.17) is 19.4 Å².